The van der Waals surface area contributed by atoms with Crippen molar-refractivity contribution in [2.75, 3.05) is 0 Å². The molecule has 2 aromatic heterocycles. The number of halogens is 4. The van der Waals surface area contributed by atoms with Gasteiger partial charge in [0.2, 0.25) is 0 Å². The van der Waals surface area contributed by atoms with E-state index in [2.05, 4.69) is 11.6 Å². The van der Waals surface area contributed by atoms with E-state index >= 15 is 0 Å². The molecule has 4 aromatic rings. The minimum atomic E-state index is -1.06. The van der Waals surface area contributed by atoms with Crippen LogP contribution in [0.3, 0.4) is 0 Å². The minimum absolute atomic E-state index is 0.0683. The Labute approximate surface area is 171 Å². The molecule has 10 heteroatoms. The molecule has 0 amide bonds. The highest BCUT2D eigenvalue weighted by Gasteiger charge is 2.21. The van der Waals surface area contributed by atoms with E-state index in [9.17, 15) is 27.2 Å². The van der Waals surface area contributed by atoms with Crippen LogP contribution >= 0.6 is 0 Å². The van der Waals surface area contributed by atoms with Gasteiger partial charge in [0, 0.05) is 19.2 Å². The van der Waals surface area contributed by atoms with Gasteiger partial charge < -0.3 is 4.57 Å². The summed E-state index contributed by atoms with van der Waals surface area (Å²) in [5, 5.41) is 0. The van der Waals surface area contributed by atoms with E-state index in [1.807, 2.05) is 0 Å². The lowest BCUT2D eigenvalue weighted by Crippen LogP contribution is -2.40. The van der Waals surface area contributed by atoms with Gasteiger partial charge >= 0.3 is 5.69 Å². The number of fused-ring (bicyclic) bond motifs is 1. The van der Waals surface area contributed by atoms with E-state index in [-0.39, 0.29) is 29.9 Å². The average Bonchev–Trinajstić information content (AvgIpc) is 3.13. The predicted octanol–water partition coefficient (Wildman–Crippen LogP) is 3.14. The van der Waals surface area contributed by atoms with Crippen LogP contribution in [0.5, 0.6) is 0 Å². The number of nitrogens with zero attached hydrogens (tertiary/aromatic N) is 4. The van der Waals surface area contributed by atoms with Crippen LogP contribution in [0.25, 0.3) is 16.9 Å². The van der Waals surface area contributed by atoms with Crippen molar-refractivity contribution in [1.29, 1.82) is 0 Å². The smallest absolute Gasteiger partial charge is 0.320 e. The number of benzene rings is 2. The van der Waals surface area contributed by atoms with Crippen molar-refractivity contribution in [3.05, 3.63) is 105 Å². The first-order chi connectivity index (χ1) is 14.8. The maximum atomic E-state index is 14.5. The molecule has 0 bridgehead atoms. The van der Waals surface area contributed by atoms with E-state index in [0.717, 1.165) is 33.4 Å². The summed E-state index contributed by atoms with van der Waals surface area (Å²) in [5.74, 6) is -3.94. The summed E-state index contributed by atoms with van der Waals surface area (Å²) < 4.78 is 57.7. The Bertz CT molecular complexity index is 1450. The van der Waals surface area contributed by atoms with Gasteiger partial charge in [0.15, 0.2) is 22.8 Å². The number of hydrogen-bond donors (Lipinski definition) is 0. The lowest BCUT2D eigenvalue weighted by Gasteiger charge is -2.12. The molecular formula is C21H14F4N4O2. The molecule has 0 aliphatic heterocycles. The molecule has 0 aliphatic carbocycles. The summed E-state index contributed by atoms with van der Waals surface area (Å²) in [7, 11) is 0. The molecule has 0 radical (unpaired) electrons. The first-order valence-corrected chi connectivity index (χ1v) is 9.02. The van der Waals surface area contributed by atoms with Gasteiger partial charge in [-0.05, 0) is 29.8 Å². The fraction of sp³-hybridized carbons (Fsp3) is 0.0952. The molecule has 0 fully saturated rings. The van der Waals surface area contributed by atoms with Crippen LogP contribution in [0.1, 0.15) is 5.56 Å². The summed E-state index contributed by atoms with van der Waals surface area (Å²) in [4.78, 5) is 30.0. The Balaban J connectivity index is 2.00. The first-order valence-electron chi connectivity index (χ1n) is 9.02. The zero-order valence-electron chi connectivity index (χ0n) is 15.9. The second-order valence-electron chi connectivity index (χ2n) is 6.71. The molecule has 2 aromatic carbocycles. The normalized spacial score (nSPS) is 11.2. The Morgan fingerprint density at radius 2 is 1.74 bits per heavy atom. The van der Waals surface area contributed by atoms with Crippen LogP contribution in [0.2, 0.25) is 0 Å². The minimum Gasteiger partial charge on any atom is -0.320 e. The highest BCUT2D eigenvalue weighted by atomic mass is 19.2. The maximum Gasteiger partial charge on any atom is 0.337 e. The SMILES string of the molecule is C=CCn1c(=O)c2c(ncn2Cc2ccc(F)c(F)c2)n(-c2ccc(F)cc2F)c1=O. The van der Waals surface area contributed by atoms with Gasteiger partial charge in [-0.25, -0.2) is 31.9 Å². The third-order valence-corrected chi connectivity index (χ3v) is 4.70. The Morgan fingerprint density at radius 3 is 2.42 bits per heavy atom. The molecule has 0 N–H and O–H groups in total. The molecule has 0 aliphatic rings. The quantitative estimate of drug-likeness (QED) is 0.361. The second kappa shape index (κ2) is 7.71. The molecular weight excluding hydrogens is 416 g/mol. The molecule has 31 heavy (non-hydrogen) atoms. The van der Waals surface area contributed by atoms with Gasteiger partial charge in [-0.1, -0.05) is 12.1 Å². The van der Waals surface area contributed by atoms with Crippen LogP contribution in [-0.4, -0.2) is 18.7 Å². The van der Waals surface area contributed by atoms with Gasteiger partial charge in [-0.15, -0.1) is 6.58 Å². The molecule has 0 atom stereocenters. The number of hydrogen-bond acceptors (Lipinski definition) is 3. The average molecular weight is 430 g/mol. The zero-order chi connectivity index (χ0) is 22.3. The molecule has 4 rings (SSSR count). The van der Waals surface area contributed by atoms with E-state index in [1.165, 1.54) is 23.0 Å². The van der Waals surface area contributed by atoms with Gasteiger partial charge in [-0.3, -0.25) is 9.36 Å². The molecule has 0 saturated heterocycles. The van der Waals surface area contributed by atoms with Crippen LogP contribution in [0.4, 0.5) is 17.6 Å². The highest BCUT2D eigenvalue weighted by molar-refractivity contribution is 5.72. The van der Waals surface area contributed by atoms with Crippen molar-refractivity contribution in [2.45, 2.75) is 13.1 Å². The standard InChI is InChI=1S/C21H14F4N4O2/c1-2-7-28-20(30)18-19(29(21(28)31)17-6-4-13(22)9-16(17)25)26-11-27(18)10-12-3-5-14(23)15(24)8-12/h2-6,8-9,11H,1,7,10H2. The lowest BCUT2D eigenvalue weighted by atomic mass is 10.2. The maximum absolute atomic E-state index is 14.5. The Hall–Kier alpha value is -3.95. The summed E-state index contributed by atoms with van der Waals surface area (Å²) in [5.41, 5.74) is -1.82. The Morgan fingerprint density at radius 1 is 0.968 bits per heavy atom. The fourth-order valence-corrected chi connectivity index (χ4v) is 3.30. The summed E-state index contributed by atoms with van der Waals surface area (Å²) in [6.45, 7) is 3.27. The highest BCUT2D eigenvalue weighted by Crippen LogP contribution is 2.18. The molecule has 6 nitrogen and oxygen atoms in total. The third kappa shape index (κ3) is 3.45. The first kappa shape index (κ1) is 20.3. The number of aromatic nitrogens is 4. The van der Waals surface area contributed by atoms with E-state index in [0.29, 0.717) is 11.6 Å². The van der Waals surface area contributed by atoms with Gasteiger partial charge in [0.25, 0.3) is 5.56 Å². The fourth-order valence-electron chi connectivity index (χ4n) is 3.30. The molecule has 0 saturated carbocycles. The largest absolute Gasteiger partial charge is 0.337 e. The number of allylic oxidation sites excluding steroid dienone is 1. The topological polar surface area (TPSA) is 61.8 Å². The summed E-state index contributed by atoms with van der Waals surface area (Å²) >= 11 is 0. The van der Waals surface area contributed by atoms with Gasteiger partial charge in [0.05, 0.1) is 12.0 Å². The molecule has 158 valence electrons. The van der Waals surface area contributed by atoms with Crippen LogP contribution in [0, 0.1) is 23.3 Å². The lowest BCUT2D eigenvalue weighted by molar-refractivity contribution is 0.506. The summed E-state index contributed by atoms with van der Waals surface area (Å²) in [6.07, 6.45) is 2.54. The van der Waals surface area contributed by atoms with Crippen LogP contribution in [0.15, 0.2) is 65.0 Å². The van der Waals surface area contributed by atoms with Gasteiger partial charge in [-0.2, -0.15) is 0 Å². The van der Waals surface area contributed by atoms with Crippen molar-refractivity contribution in [2.24, 2.45) is 0 Å². The molecule has 0 unspecified atom stereocenters. The second-order valence-corrected chi connectivity index (χ2v) is 6.71. The van der Waals surface area contributed by atoms with Crippen molar-refractivity contribution >= 4 is 11.2 Å². The van der Waals surface area contributed by atoms with Crippen LogP contribution < -0.4 is 11.2 Å². The van der Waals surface area contributed by atoms with Crippen molar-refractivity contribution in [1.82, 2.24) is 18.7 Å². The number of imidazole rings is 1. The zero-order valence-corrected chi connectivity index (χ0v) is 15.9. The van der Waals surface area contributed by atoms with E-state index < -0.39 is 34.5 Å². The van der Waals surface area contributed by atoms with Crippen molar-refractivity contribution in [3.63, 3.8) is 0 Å². The molecule has 0 spiro atoms. The van der Waals surface area contributed by atoms with Crippen molar-refractivity contribution < 1.29 is 17.6 Å². The van der Waals surface area contributed by atoms with E-state index in [1.54, 1.807) is 0 Å². The Kier molecular flexibility index (Phi) is 5.05. The predicted molar refractivity (Wildman–Crippen MR) is 105 cm³/mol. The summed E-state index contributed by atoms with van der Waals surface area (Å²) in [6, 6.07) is 5.89. The van der Waals surface area contributed by atoms with Gasteiger partial charge in [0.1, 0.15) is 11.6 Å². The molecule has 2 heterocycles. The monoisotopic (exact) mass is 430 g/mol. The third-order valence-electron chi connectivity index (χ3n) is 4.70. The number of rotatable bonds is 5. The van der Waals surface area contributed by atoms with Crippen molar-refractivity contribution in [3.8, 4) is 5.69 Å². The van der Waals surface area contributed by atoms with E-state index in [4.69, 9.17) is 0 Å². The van der Waals surface area contributed by atoms with Crippen LogP contribution in [-0.2, 0) is 13.1 Å².